The van der Waals surface area contributed by atoms with Gasteiger partial charge >= 0.3 is 13.2 Å². The van der Waals surface area contributed by atoms with Crippen molar-refractivity contribution < 1.29 is 23.6 Å². The molecule has 0 radical (unpaired) electrons. The van der Waals surface area contributed by atoms with Crippen LogP contribution in [0, 0.1) is 5.92 Å². The predicted molar refractivity (Wildman–Crippen MR) is 155 cm³/mol. The SMILES string of the molecule is CC(C)[C@H](NC(=O)OC(C)(C)C)C(=O)N1CCCC[C@@H]1CN(c1ncc(B2OC(C)(C)C(C)(C)O2)cn1)C1CC1. The lowest BCUT2D eigenvalue weighted by atomic mass is 9.81. The Balaban J connectivity index is 1.47. The Hall–Kier alpha value is -2.40. The van der Waals surface area contributed by atoms with Gasteiger partial charge in [0.05, 0.1) is 11.2 Å². The van der Waals surface area contributed by atoms with E-state index in [1.807, 2.05) is 67.2 Å². The van der Waals surface area contributed by atoms with Crippen LogP contribution >= 0.6 is 0 Å². The van der Waals surface area contributed by atoms with Crippen molar-refractivity contribution in [2.24, 2.45) is 5.92 Å². The van der Waals surface area contributed by atoms with Crippen LogP contribution in [0.15, 0.2) is 12.4 Å². The Labute approximate surface area is 240 Å². The summed E-state index contributed by atoms with van der Waals surface area (Å²) >= 11 is 0. The van der Waals surface area contributed by atoms with Gasteiger partial charge in [-0.15, -0.1) is 0 Å². The van der Waals surface area contributed by atoms with Gasteiger partial charge in [0, 0.05) is 43.0 Å². The van der Waals surface area contributed by atoms with Gasteiger partial charge in [-0.1, -0.05) is 13.8 Å². The number of hydrogen-bond donors (Lipinski definition) is 1. The van der Waals surface area contributed by atoms with E-state index >= 15 is 0 Å². The van der Waals surface area contributed by atoms with Gasteiger partial charge in [0.15, 0.2) is 0 Å². The van der Waals surface area contributed by atoms with E-state index in [0.717, 1.165) is 37.6 Å². The van der Waals surface area contributed by atoms with E-state index < -0.39 is 36.1 Å². The molecule has 0 bridgehead atoms. The number of nitrogens with zero attached hydrogens (tertiary/aromatic N) is 4. The van der Waals surface area contributed by atoms with Crippen LogP contribution in [-0.2, 0) is 18.8 Å². The number of amides is 2. The third-order valence-corrected chi connectivity index (χ3v) is 8.35. The third-order valence-electron chi connectivity index (χ3n) is 8.35. The Kier molecular flexibility index (Phi) is 8.76. The number of anilines is 1. The summed E-state index contributed by atoms with van der Waals surface area (Å²) in [6.45, 7) is 18.8. The molecule has 1 N–H and O–H groups in total. The number of rotatable bonds is 8. The molecule has 3 fully saturated rings. The summed E-state index contributed by atoms with van der Waals surface area (Å²) in [6, 6.07) is -0.280. The fraction of sp³-hybridized carbons (Fsp3) is 0.793. The fourth-order valence-electron chi connectivity index (χ4n) is 5.19. The molecular formula is C29H48BN5O5. The fourth-order valence-corrected chi connectivity index (χ4v) is 5.19. The molecule has 1 aliphatic carbocycles. The number of alkyl carbamates (subject to hydrolysis) is 1. The Bertz CT molecular complexity index is 1040. The van der Waals surface area contributed by atoms with Crippen LogP contribution in [0.1, 0.15) is 94.4 Å². The van der Waals surface area contributed by atoms with Crippen LogP contribution in [-0.4, -0.2) is 82.0 Å². The predicted octanol–water partition coefficient (Wildman–Crippen LogP) is 3.68. The molecule has 4 rings (SSSR count). The summed E-state index contributed by atoms with van der Waals surface area (Å²) in [5.74, 6) is 0.527. The minimum atomic E-state index is -0.653. The lowest BCUT2D eigenvalue weighted by Gasteiger charge is -2.41. The van der Waals surface area contributed by atoms with Crippen LogP contribution < -0.4 is 15.7 Å². The number of aromatic nitrogens is 2. The summed E-state index contributed by atoms with van der Waals surface area (Å²) in [5, 5.41) is 2.84. The third kappa shape index (κ3) is 7.08. The quantitative estimate of drug-likeness (QED) is 0.483. The monoisotopic (exact) mass is 557 g/mol. The van der Waals surface area contributed by atoms with Gasteiger partial charge < -0.3 is 29.2 Å². The summed E-state index contributed by atoms with van der Waals surface area (Å²) in [6.07, 6.45) is 8.09. The highest BCUT2D eigenvalue weighted by Crippen LogP contribution is 2.36. The molecule has 0 unspecified atom stereocenters. The highest BCUT2D eigenvalue weighted by molar-refractivity contribution is 6.61. The average molecular weight is 558 g/mol. The molecule has 10 nitrogen and oxygen atoms in total. The molecule has 1 aromatic rings. The van der Waals surface area contributed by atoms with Gasteiger partial charge in [0.2, 0.25) is 11.9 Å². The normalized spacial score (nSPS) is 23.2. The van der Waals surface area contributed by atoms with Gasteiger partial charge in [-0.25, -0.2) is 14.8 Å². The van der Waals surface area contributed by atoms with E-state index in [1.165, 1.54) is 0 Å². The maximum atomic E-state index is 13.8. The van der Waals surface area contributed by atoms with E-state index in [1.54, 1.807) is 12.4 Å². The molecule has 3 aliphatic rings. The van der Waals surface area contributed by atoms with Crippen LogP contribution in [0.2, 0.25) is 0 Å². The van der Waals surface area contributed by atoms with Gasteiger partial charge in [-0.05, 0) is 86.5 Å². The molecule has 2 saturated heterocycles. The first-order valence-electron chi connectivity index (χ1n) is 14.8. The summed E-state index contributed by atoms with van der Waals surface area (Å²) in [7, 11) is -0.509. The molecule has 40 heavy (non-hydrogen) atoms. The molecule has 2 aliphatic heterocycles. The molecule has 222 valence electrons. The second-order valence-electron chi connectivity index (χ2n) is 13.8. The first-order chi connectivity index (χ1) is 18.6. The van der Waals surface area contributed by atoms with Crippen LogP contribution in [0.4, 0.5) is 10.7 Å². The number of piperidine rings is 1. The largest absolute Gasteiger partial charge is 0.498 e. The minimum Gasteiger partial charge on any atom is -0.444 e. The van der Waals surface area contributed by atoms with Gasteiger partial charge in [-0.2, -0.15) is 0 Å². The zero-order valence-electron chi connectivity index (χ0n) is 25.8. The van der Waals surface area contributed by atoms with E-state index in [0.29, 0.717) is 25.1 Å². The smallest absolute Gasteiger partial charge is 0.444 e. The molecular weight excluding hydrogens is 509 g/mol. The number of ether oxygens (including phenoxy) is 1. The van der Waals surface area contributed by atoms with Crippen molar-refractivity contribution in [2.45, 2.75) is 129 Å². The van der Waals surface area contributed by atoms with Crippen molar-refractivity contribution in [3.63, 3.8) is 0 Å². The van der Waals surface area contributed by atoms with Gasteiger partial charge in [0.1, 0.15) is 11.6 Å². The molecule has 11 heteroatoms. The zero-order valence-corrected chi connectivity index (χ0v) is 25.8. The molecule has 2 amide bonds. The molecule has 0 spiro atoms. The Morgan fingerprint density at radius 1 is 1.10 bits per heavy atom. The van der Waals surface area contributed by atoms with Crippen LogP contribution in [0.5, 0.6) is 0 Å². The minimum absolute atomic E-state index is 0.00918. The maximum absolute atomic E-state index is 13.8. The Morgan fingerprint density at radius 3 is 2.23 bits per heavy atom. The number of likely N-dealkylation sites (tertiary alicyclic amines) is 1. The number of nitrogens with one attached hydrogen (secondary N) is 1. The molecule has 2 atom stereocenters. The standard InChI is InChI=1S/C29H48BN5O5/c1-19(2)23(33-26(37)38-27(3,4)5)24(36)34-15-11-10-12-22(34)18-35(21-13-14-21)25-31-16-20(17-32-25)30-39-28(6,7)29(8,9)40-30/h16-17,19,21-23H,10-15,18H2,1-9H3,(H,33,37)/t22-,23+/m1/s1. The van der Waals surface area contributed by atoms with Gasteiger partial charge in [0.25, 0.3) is 0 Å². The van der Waals surface area contributed by atoms with E-state index in [-0.39, 0.29) is 17.9 Å². The van der Waals surface area contributed by atoms with E-state index in [9.17, 15) is 9.59 Å². The van der Waals surface area contributed by atoms with Crippen molar-refractivity contribution >= 4 is 30.5 Å². The summed E-state index contributed by atoms with van der Waals surface area (Å²) in [5.41, 5.74) is -0.704. The molecule has 1 aromatic heterocycles. The van der Waals surface area contributed by atoms with Crippen LogP contribution in [0.3, 0.4) is 0 Å². The maximum Gasteiger partial charge on any atom is 0.498 e. The highest BCUT2D eigenvalue weighted by Gasteiger charge is 2.52. The van der Waals surface area contributed by atoms with E-state index in [2.05, 4.69) is 10.2 Å². The lowest BCUT2D eigenvalue weighted by Crippen LogP contribution is -2.58. The highest BCUT2D eigenvalue weighted by atomic mass is 16.7. The number of hydrogen-bond acceptors (Lipinski definition) is 8. The lowest BCUT2D eigenvalue weighted by molar-refractivity contribution is -0.138. The summed E-state index contributed by atoms with van der Waals surface area (Å²) < 4.78 is 17.8. The van der Waals surface area contributed by atoms with Crippen molar-refractivity contribution in [1.29, 1.82) is 0 Å². The average Bonchev–Trinajstić information content (AvgIpc) is 3.66. The van der Waals surface area contributed by atoms with Crippen molar-refractivity contribution in [3.05, 3.63) is 12.4 Å². The molecule has 1 saturated carbocycles. The van der Waals surface area contributed by atoms with Crippen LogP contribution in [0.25, 0.3) is 0 Å². The van der Waals surface area contributed by atoms with Crippen molar-refractivity contribution in [1.82, 2.24) is 20.2 Å². The first kappa shape index (κ1) is 30.6. The number of carbonyl (C=O) groups is 2. The second-order valence-corrected chi connectivity index (χ2v) is 13.8. The zero-order chi connectivity index (χ0) is 29.5. The molecule has 0 aromatic carbocycles. The molecule has 3 heterocycles. The number of carbonyl (C=O) groups excluding carboxylic acids is 2. The topological polar surface area (TPSA) is 106 Å². The first-order valence-corrected chi connectivity index (χ1v) is 14.8. The van der Waals surface area contributed by atoms with Gasteiger partial charge in [-0.3, -0.25) is 4.79 Å². The van der Waals surface area contributed by atoms with Crippen molar-refractivity contribution in [3.8, 4) is 0 Å². The second kappa shape index (κ2) is 11.5. The van der Waals surface area contributed by atoms with E-state index in [4.69, 9.17) is 24.0 Å². The van der Waals surface area contributed by atoms with Crippen molar-refractivity contribution in [2.75, 3.05) is 18.0 Å². The Morgan fingerprint density at radius 2 is 1.70 bits per heavy atom. The summed E-state index contributed by atoms with van der Waals surface area (Å²) in [4.78, 5) is 40.0.